The number of aliphatic hydroxyl groups excluding tert-OH is 1. The maximum Gasteiger partial charge on any atom is 0.161 e. The lowest BCUT2D eigenvalue weighted by Crippen LogP contribution is -2.44. The smallest absolute Gasteiger partial charge is 0.161 e. The Bertz CT molecular complexity index is 514. The summed E-state index contributed by atoms with van der Waals surface area (Å²) in [4.78, 5) is 2.35. The first-order valence-corrected chi connectivity index (χ1v) is 8.96. The molecule has 24 heavy (non-hydrogen) atoms. The molecule has 0 aliphatic carbocycles. The number of para-hydroxylation sites is 2. The highest BCUT2D eigenvalue weighted by molar-refractivity contribution is 5.40. The second-order valence-electron chi connectivity index (χ2n) is 7.35. The largest absolute Gasteiger partial charge is 0.486 e. The number of nitrogens with zero attached hydrogens (tertiary/aromatic N) is 1. The van der Waals surface area contributed by atoms with Gasteiger partial charge in [-0.25, -0.2) is 0 Å². The molecule has 2 aliphatic rings. The number of piperidine rings is 1. The zero-order chi connectivity index (χ0) is 16.9. The lowest BCUT2D eigenvalue weighted by atomic mass is 9.92. The van der Waals surface area contributed by atoms with Crippen molar-refractivity contribution < 1.29 is 19.3 Å². The van der Waals surface area contributed by atoms with Gasteiger partial charge < -0.3 is 24.2 Å². The van der Waals surface area contributed by atoms with Gasteiger partial charge in [-0.15, -0.1) is 0 Å². The van der Waals surface area contributed by atoms with Gasteiger partial charge in [0.2, 0.25) is 0 Å². The fourth-order valence-electron chi connectivity index (χ4n) is 3.77. The van der Waals surface area contributed by atoms with Crippen LogP contribution in [0, 0.1) is 11.8 Å². The predicted molar refractivity (Wildman–Crippen MR) is 92.6 cm³/mol. The molecule has 0 spiro atoms. The average Bonchev–Trinajstić information content (AvgIpc) is 2.53. The summed E-state index contributed by atoms with van der Waals surface area (Å²) in [6.45, 7) is 8.62. The second-order valence-corrected chi connectivity index (χ2v) is 7.35. The number of hydrogen-bond acceptors (Lipinski definition) is 5. The molecule has 0 amide bonds. The Hall–Kier alpha value is -1.30. The quantitative estimate of drug-likeness (QED) is 0.863. The van der Waals surface area contributed by atoms with E-state index in [1.165, 1.54) is 6.42 Å². The maximum absolute atomic E-state index is 10.2. The summed E-state index contributed by atoms with van der Waals surface area (Å²) < 4.78 is 17.2. The van der Waals surface area contributed by atoms with Crippen LogP contribution in [-0.2, 0) is 4.74 Å². The highest BCUT2D eigenvalue weighted by Gasteiger charge is 2.24. The standard InChI is InChI=1S/C19H29NO4/c1-14-7-15(2)9-20(8-14)10-16(21)11-22-12-17-13-23-18-5-3-4-6-19(18)24-17/h3-6,14-17,21H,7-13H2,1-2H3/t14-,15+,16-,17+/m0/s1. The number of β-amino-alcohol motifs (C(OH)–C–C–N with tert-alkyl or cyclic N) is 1. The van der Waals surface area contributed by atoms with Crippen molar-refractivity contribution in [2.75, 3.05) is 39.5 Å². The summed E-state index contributed by atoms with van der Waals surface area (Å²) in [5, 5.41) is 10.2. The van der Waals surface area contributed by atoms with Gasteiger partial charge in [-0.3, -0.25) is 0 Å². The average molecular weight is 335 g/mol. The summed E-state index contributed by atoms with van der Waals surface area (Å²) in [6.07, 6.45) is 0.699. The summed E-state index contributed by atoms with van der Waals surface area (Å²) in [5.74, 6) is 2.95. The topological polar surface area (TPSA) is 51.2 Å². The lowest BCUT2D eigenvalue weighted by molar-refractivity contribution is -0.0331. The molecular weight excluding hydrogens is 306 g/mol. The second kappa shape index (κ2) is 8.19. The van der Waals surface area contributed by atoms with E-state index >= 15 is 0 Å². The monoisotopic (exact) mass is 335 g/mol. The van der Waals surface area contributed by atoms with E-state index in [0.717, 1.165) is 24.6 Å². The van der Waals surface area contributed by atoms with Crippen LogP contribution in [-0.4, -0.2) is 61.7 Å². The molecule has 2 aliphatic heterocycles. The molecule has 1 saturated heterocycles. The first kappa shape index (κ1) is 17.5. The van der Waals surface area contributed by atoms with Crippen molar-refractivity contribution in [3.63, 3.8) is 0 Å². The van der Waals surface area contributed by atoms with Crippen molar-refractivity contribution in [1.29, 1.82) is 0 Å². The van der Waals surface area contributed by atoms with Crippen LogP contribution in [0.1, 0.15) is 20.3 Å². The summed E-state index contributed by atoms with van der Waals surface area (Å²) in [5.41, 5.74) is 0. The highest BCUT2D eigenvalue weighted by Crippen LogP contribution is 2.30. The van der Waals surface area contributed by atoms with Gasteiger partial charge in [0.1, 0.15) is 6.61 Å². The van der Waals surface area contributed by atoms with Crippen LogP contribution in [0.5, 0.6) is 11.5 Å². The van der Waals surface area contributed by atoms with E-state index in [0.29, 0.717) is 38.2 Å². The molecule has 2 heterocycles. The molecule has 1 fully saturated rings. The van der Waals surface area contributed by atoms with Crippen LogP contribution in [0.25, 0.3) is 0 Å². The molecule has 5 nitrogen and oxygen atoms in total. The minimum atomic E-state index is -0.459. The van der Waals surface area contributed by atoms with Gasteiger partial charge in [0, 0.05) is 19.6 Å². The third-order valence-electron chi connectivity index (χ3n) is 4.59. The molecule has 0 unspecified atom stereocenters. The molecule has 0 saturated carbocycles. The Morgan fingerprint density at radius 2 is 1.92 bits per heavy atom. The van der Waals surface area contributed by atoms with Crippen molar-refractivity contribution in [2.24, 2.45) is 11.8 Å². The van der Waals surface area contributed by atoms with Gasteiger partial charge in [0.05, 0.1) is 19.3 Å². The van der Waals surface area contributed by atoms with Crippen molar-refractivity contribution in [3.05, 3.63) is 24.3 Å². The van der Waals surface area contributed by atoms with E-state index < -0.39 is 6.10 Å². The Morgan fingerprint density at radius 1 is 1.21 bits per heavy atom. The van der Waals surface area contributed by atoms with Crippen LogP contribution in [0.15, 0.2) is 24.3 Å². The summed E-state index contributed by atoms with van der Waals surface area (Å²) in [6, 6.07) is 7.65. The van der Waals surface area contributed by atoms with Crippen molar-refractivity contribution >= 4 is 0 Å². The van der Waals surface area contributed by atoms with Crippen molar-refractivity contribution in [2.45, 2.75) is 32.5 Å². The number of hydrogen-bond donors (Lipinski definition) is 1. The fraction of sp³-hybridized carbons (Fsp3) is 0.684. The van der Waals surface area contributed by atoms with Crippen molar-refractivity contribution in [3.8, 4) is 11.5 Å². The van der Waals surface area contributed by atoms with Crippen LogP contribution in [0.4, 0.5) is 0 Å². The third-order valence-corrected chi connectivity index (χ3v) is 4.59. The molecule has 0 bridgehead atoms. The zero-order valence-corrected chi connectivity index (χ0v) is 14.7. The molecule has 134 valence electrons. The van der Waals surface area contributed by atoms with Gasteiger partial charge in [0.15, 0.2) is 17.6 Å². The number of rotatable bonds is 6. The fourth-order valence-corrected chi connectivity index (χ4v) is 3.77. The molecule has 3 rings (SSSR count). The van der Waals surface area contributed by atoms with Crippen LogP contribution < -0.4 is 9.47 Å². The van der Waals surface area contributed by atoms with Gasteiger partial charge in [-0.2, -0.15) is 0 Å². The van der Waals surface area contributed by atoms with E-state index in [4.69, 9.17) is 14.2 Å². The van der Waals surface area contributed by atoms with Gasteiger partial charge in [-0.05, 0) is 30.4 Å². The Morgan fingerprint density at radius 3 is 2.67 bits per heavy atom. The van der Waals surface area contributed by atoms with E-state index in [2.05, 4.69) is 18.7 Å². The predicted octanol–water partition coefficient (Wildman–Crippen LogP) is 2.18. The van der Waals surface area contributed by atoms with E-state index in [9.17, 15) is 5.11 Å². The van der Waals surface area contributed by atoms with Crippen molar-refractivity contribution in [1.82, 2.24) is 4.90 Å². The number of ether oxygens (including phenoxy) is 3. The van der Waals surface area contributed by atoms with Crippen LogP contribution in [0.2, 0.25) is 0 Å². The molecule has 1 aromatic rings. The number of likely N-dealkylation sites (tertiary alicyclic amines) is 1. The normalized spacial score (nSPS) is 28.5. The van der Waals surface area contributed by atoms with Gasteiger partial charge in [-0.1, -0.05) is 26.0 Å². The van der Waals surface area contributed by atoms with E-state index in [1.54, 1.807) is 0 Å². The lowest BCUT2D eigenvalue weighted by Gasteiger charge is -2.36. The Labute approximate surface area is 144 Å². The molecule has 5 heteroatoms. The van der Waals surface area contributed by atoms with E-state index in [1.807, 2.05) is 24.3 Å². The summed E-state index contributed by atoms with van der Waals surface area (Å²) >= 11 is 0. The Balaban J connectivity index is 1.36. The van der Waals surface area contributed by atoms with Crippen LogP contribution in [0.3, 0.4) is 0 Å². The molecule has 0 radical (unpaired) electrons. The van der Waals surface area contributed by atoms with Gasteiger partial charge >= 0.3 is 0 Å². The minimum Gasteiger partial charge on any atom is -0.486 e. The molecule has 0 aromatic heterocycles. The first-order valence-electron chi connectivity index (χ1n) is 8.96. The first-order chi connectivity index (χ1) is 11.6. The third kappa shape index (κ3) is 4.85. The molecule has 1 aromatic carbocycles. The van der Waals surface area contributed by atoms with Crippen LogP contribution >= 0.6 is 0 Å². The Kier molecular flexibility index (Phi) is 5.98. The van der Waals surface area contributed by atoms with E-state index in [-0.39, 0.29) is 6.10 Å². The molecule has 4 atom stereocenters. The number of benzene rings is 1. The molecule has 1 N–H and O–H groups in total. The van der Waals surface area contributed by atoms with Gasteiger partial charge in [0.25, 0.3) is 0 Å². The SMILES string of the molecule is C[C@@H]1C[C@H](C)CN(C[C@H](O)COC[C@@H]2COc3ccccc3O2)C1. The molecular formula is C19H29NO4. The number of aliphatic hydroxyl groups is 1. The maximum atomic E-state index is 10.2. The number of fused-ring (bicyclic) bond motifs is 1. The minimum absolute atomic E-state index is 0.123. The summed E-state index contributed by atoms with van der Waals surface area (Å²) in [7, 11) is 0. The zero-order valence-electron chi connectivity index (χ0n) is 14.7. The highest BCUT2D eigenvalue weighted by atomic mass is 16.6.